The summed E-state index contributed by atoms with van der Waals surface area (Å²) in [6, 6.07) is 14.3. The number of benzene rings is 2. The number of ketones is 1. The van der Waals surface area contributed by atoms with Gasteiger partial charge in [0.25, 0.3) is 5.91 Å². The molecule has 36 heavy (non-hydrogen) atoms. The Morgan fingerprint density at radius 1 is 1.14 bits per heavy atom. The lowest BCUT2D eigenvalue weighted by Gasteiger charge is -2.41. The second-order valence-electron chi connectivity index (χ2n) is 9.39. The van der Waals surface area contributed by atoms with E-state index >= 15 is 0 Å². The maximum absolute atomic E-state index is 13.7. The lowest BCUT2D eigenvalue weighted by atomic mass is 9.94. The smallest absolute Gasteiger partial charge is 0.253 e. The molecule has 0 saturated heterocycles. The van der Waals surface area contributed by atoms with Crippen LogP contribution in [0.5, 0.6) is 11.5 Å². The van der Waals surface area contributed by atoms with Crippen LogP contribution in [-0.2, 0) is 4.79 Å². The number of nitrogens with zero attached hydrogens (tertiary/aromatic N) is 3. The van der Waals surface area contributed by atoms with Crippen LogP contribution >= 0.6 is 11.6 Å². The lowest BCUT2D eigenvalue weighted by molar-refractivity contribution is -0.122. The van der Waals surface area contributed by atoms with Gasteiger partial charge in [-0.15, -0.1) is 0 Å². The van der Waals surface area contributed by atoms with Gasteiger partial charge in [-0.3, -0.25) is 9.59 Å². The van der Waals surface area contributed by atoms with Gasteiger partial charge in [0, 0.05) is 31.4 Å². The molecule has 2 aromatic heterocycles. The quantitative estimate of drug-likeness (QED) is 0.362. The zero-order valence-corrected chi connectivity index (χ0v) is 21.2. The Balaban J connectivity index is 1.55. The fourth-order valence-corrected chi connectivity index (χ4v) is 4.96. The number of ether oxygens (including phenoxy) is 1. The number of carbonyl (C=O) groups excluding carboxylic acids is 2. The van der Waals surface area contributed by atoms with Gasteiger partial charge < -0.3 is 24.8 Å². The van der Waals surface area contributed by atoms with Crippen molar-refractivity contribution in [2.75, 3.05) is 37.9 Å². The van der Waals surface area contributed by atoms with Gasteiger partial charge in [0.05, 0.1) is 33.5 Å². The molecule has 0 fully saturated rings. The average Bonchev–Trinajstić information content (AvgIpc) is 3.27. The molecule has 9 heteroatoms. The summed E-state index contributed by atoms with van der Waals surface area (Å²) in [7, 11) is 5.55. The minimum absolute atomic E-state index is 0.0784. The van der Waals surface area contributed by atoms with Crippen LogP contribution in [0.2, 0.25) is 5.02 Å². The molecule has 1 amide bonds. The number of rotatable bonds is 6. The van der Waals surface area contributed by atoms with Gasteiger partial charge in [0.1, 0.15) is 22.7 Å². The summed E-state index contributed by atoms with van der Waals surface area (Å²) in [6.45, 7) is 2.33. The number of hydrogen-bond acceptors (Lipinski definition) is 6. The molecule has 0 spiro atoms. The van der Waals surface area contributed by atoms with Crippen molar-refractivity contribution in [1.82, 2.24) is 14.9 Å². The Labute approximate surface area is 213 Å². The molecular weight excluding hydrogens is 478 g/mol. The number of anilines is 2. The summed E-state index contributed by atoms with van der Waals surface area (Å²) >= 11 is 6.55. The van der Waals surface area contributed by atoms with E-state index in [1.807, 2.05) is 56.3 Å². The SMILES string of the molecule is CN(C)CC1(C)Nc2c(cnc3[nH]cc(C(=O)c4ccc(Oc5ccccc5)cc4Cl)c23)N(C)C1=O. The molecule has 0 bridgehead atoms. The predicted molar refractivity (Wildman–Crippen MR) is 141 cm³/mol. The fraction of sp³-hybridized carbons (Fsp3) is 0.222. The number of aromatic amines is 1. The van der Waals surface area contributed by atoms with Crippen molar-refractivity contribution >= 4 is 45.7 Å². The van der Waals surface area contributed by atoms with Crippen LogP contribution in [0.3, 0.4) is 0 Å². The Morgan fingerprint density at radius 2 is 1.89 bits per heavy atom. The first-order valence-corrected chi connectivity index (χ1v) is 11.8. The molecule has 1 aliphatic rings. The normalized spacial score (nSPS) is 17.3. The molecule has 8 nitrogen and oxygen atoms in total. The Morgan fingerprint density at radius 3 is 2.58 bits per heavy atom. The molecule has 1 aliphatic heterocycles. The van der Waals surface area contributed by atoms with Gasteiger partial charge in [-0.25, -0.2) is 4.98 Å². The first-order chi connectivity index (χ1) is 17.2. The molecule has 4 aromatic rings. The number of amides is 1. The van der Waals surface area contributed by atoms with E-state index < -0.39 is 5.54 Å². The third-order valence-corrected chi connectivity index (χ3v) is 6.57. The predicted octanol–water partition coefficient (Wildman–Crippen LogP) is 4.95. The van der Waals surface area contributed by atoms with Crippen LogP contribution in [0, 0.1) is 0 Å². The fourth-order valence-electron chi connectivity index (χ4n) is 4.71. The minimum Gasteiger partial charge on any atom is -0.457 e. The van der Waals surface area contributed by atoms with Gasteiger partial charge in [-0.1, -0.05) is 29.8 Å². The number of nitrogens with one attached hydrogen (secondary N) is 2. The number of hydrogen-bond donors (Lipinski definition) is 2. The number of likely N-dealkylation sites (N-methyl/N-ethyl adjacent to an activating group) is 2. The number of para-hydroxylation sites is 1. The number of aromatic nitrogens is 2. The van der Waals surface area contributed by atoms with Crippen molar-refractivity contribution in [2.24, 2.45) is 0 Å². The van der Waals surface area contributed by atoms with Crippen LogP contribution < -0.4 is 15.0 Å². The highest BCUT2D eigenvalue weighted by molar-refractivity contribution is 6.36. The zero-order valence-electron chi connectivity index (χ0n) is 20.4. The highest BCUT2D eigenvalue weighted by Crippen LogP contribution is 2.41. The topological polar surface area (TPSA) is 90.6 Å². The standard InChI is InChI=1S/C27H26ClN5O3/c1-27(15-32(2)3)26(35)33(4)21-14-30-25-22(23(21)31-27)19(13-29-25)24(34)18-11-10-17(12-20(18)28)36-16-8-6-5-7-9-16/h5-14,31H,15H2,1-4H3,(H,29,30). The molecule has 0 aliphatic carbocycles. The number of H-pyrrole nitrogens is 1. The zero-order chi connectivity index (χ0) is 25.6. The Hall–Kier alpha value is -3.88. The number of halogens is 1. The second-order valence-corrected chi connectivity index (χ2v) is 9.80. The Bertz CT molecular complexity index is 1480. The van der Waals surface area contributed by atoms with E-state index in [2.05, 4.69) is 15.3 Å². The van der Waals surface area contributed by atoms with Gasteiger partial charge in [0.15, 0.2) is 5.78 Å². The first kappa shape index (κ1) is 23.8. The summed E-state index contributed by atoms with van der Waals surface area (Å²) in [5, 5.41) is 4.30. The molecule has 3 heterocycles. The molecule has 0 radical (unpaired) electrons. The highest BCUT2D eigenvalue weighted by atomic mass is 35.5. The molecular formula is C27H26ClN5O3. The first-order valence-electron chi connectivity index (χ1n) is 11.5. The largest absolute Gasteiger partial charge is 0.457 e. The van der Waals surface area contributed by atoms with E-state index in [0.717, 1.165) is 0 Å². The third kappa shape index (κ3) is 4.08. The van der Waals surface area contributed by atoms with Gasteiger partial charge in [-0.2, -0.15) is 0 Å². The lowest BCUT2D eigenvalue weighted by Crippen LogP contribution is -2.59. The third-order valence-electron chi connectivity index (χ3n) is 6.26. The monoisotopic (exact) mass is 503 g/mol. The van der Waals surface area contributed by atoms with Crippen molar-refractivity contribution in [3.8, 4) is 11.5 Å². The van der Waals surface area contributed by atoms with Gasteiger partial charge in [-0.05, 0) is 45.3 Å². The summed E-state index contributed by atoms with van der Waals surface area (Å²) in [6.07, 6.45) is 3.26. The highest BCUT2D eigenvalue weighted by Gasteiger charge is 2.42. The summed E-state index contributed by atoms with van der Waals surface area (Å²) in [5.74, 6) is 0.864. The molecule has 1 atom stereocenters. The molecule has 2 aromatic carbocycles. The van der Waals surface area contributed by atoms with Gasteiger partial charge in [0.2, 0.25) is 0 Å². The van der Waals surface area contributed by atoms with E-state index in [-0.39, 0.29) is 16.7 Å². The van der Waals surface area contributed by atoms with E-state index in [4.69, 9.17) is 16.3 Å². The van der Waals surface area contributed by atoms with Crippen LogP contribution in [0.25, 0.3) is 11.0 Å². The van der Waals surface area contributed by atoms with E-state index in [0.29, 0.717) is 51.6 Å². The second kappa shape index (κ2) is 8.96. The van der Waals surface area contributed by atoms with E-state index in [9.17, 15) is 9.59 Å². The van der Waals surface area contributed by atoms with Crippen LogP contribution in [0.4, 0.5) is 11.4 Å². The Kier molecular flexibility index (Phi) is 5.94. The van der Waals surface area contributed by atoms with Crippen molar-refractivity contribution in [2.45, 2.75) is 12.5 Å². The molecule has 1 unspecified atom stereocenters. The van der Waals surface area contributed by atoms with E-state index in [1.54, 1.807) is 42.5 Å². The summed E-state index contributed by atoms with van der Waals surface area (Å²) in [5.41, 5.74) is 1.69. The maximum atomic E-state index is 13.7. The number of fused-ring (bicyclic) bond motifs is 3. The van der Waals surface area contributed by atoms with Crippen molar-refractivity contribution in [1.29, 1.82) is 0 Å². The van der Waals surface area contributed by atoms with Crippen molar-refractivity contribution < 1.29 is 14.3 Å². The number of pyridine rings is 1. The summed E-state index contributed by atoms with van der Waals surface area (Å²) in [4.78, 5) is 38.0. The molecule has 184 valence electrons. The van der Waals surface area contributed by atoms with Crippen molar-refractivity contribution in [3.63, 3.8) is 0 Å². The average molecular weight is 504 g/mol. The summed E-state index contributed by atoms with van der Waals surface area (Å²) < 4.78 is 5.84. The minimum atomic E-state index is -0.884. The van der Waals surface area contributed by atoms with Gasteiger partial charge >= 0.3 is 0 Å². The van der Waals surface area contributed by atoms with Crippen LogP contribution in [-0.4, -0.2) is 59.8 Å². The van der Waals surface area contributed by atoms with Crippen molar-refractivity contribution in [3.05, 3.63) is 77.1 Å². The molecule has 5 rings (SSSR count). The van der Waals surface area contributed by atoms with Crippen LogP contribution in [0.1, 0.15) is 22.8 Å². The molecule has 2 N–H and O–H groups in total. The van der Waals surface area contributed by atoms with E-state index in [1.165, 1.54) is 0 Å². The maximum Gasteiger partial charge on any atom is 0.253 e. The number of carbonyl (C=O) groups is 2. The molecule has 0 saturated carbocycles. The van der Waals surface area contributed by atoms with Crippen LogP contribution in [0.15, 0.2) is 60.9 Å².